The number of rotatable bonds is 5. The van der Waals surface area contributed by atoms with E-state index in [4.69, 9.17) is 4.74 Å². The molecule has 2 heterocycles. The van der Waals surface area contributed by atoms with Gasteiger partial charge in [-0.1, -0.05) is 12.8 Å². The molecule has 2 saturated heterocycles. The number of guanidine groups is 1. The van der Waals surface area contributed by atoms with Crippen LogP contribution in [0.15, 0.2) is 4.99 Å². The summed E-state index contributed by atoms with van der Waals surface area (Å²) in [5.41, 5.74) is 0.107. The molecule has 2 aliphatic heterocycles. The van der Waals surface area contributed by atoms with E-state index < -0.39 is 0 Å². The van der Waals surface area contributed by atoms with E-state index in [1.54, 1.807) is 0 Å². The van der Waals surface area contributed by atoms with E-state index in [9.17, 15) is 4.79 Å². The molecule has 7 heteroatoms. The maximum Gasteiger partial charge on any atom is 0.225 e. The molecule has 1 aliphatic carbocycles. The predicted molar refractivity (Wildman–Crippen MR) is 108 cm³/mol. The Morgan fingerprint density at radius 3 is 2.56 bits per heavy atom. The maximum atomic E-state index is 12.6. The van der Waals surface area contributed by atoms with Crippen LogP contribution in [0.25, 0.3) is 0 Å². The molecule has 3 aliphatic rings. The highest BCUT2D eigenvalue weighted by molar-refractivity contribution is 5.81. The lowest BCUT2D eigenvalue weighted by atomic mass is 9.88. The van der Waals surface area contributed by atoms with E-state index in [0.29, 0.717) is 5.91 Å². The summed E-state index contributed by atoms with van der Waals surface area (Å²) in [4.78, 5) is 21.4. The van der Waals surface area contributed by atoms with Gasteiger partial charge in [-0.05, 0) is 46.2 Å². The Balaban J connectivity index is 1.48. The van der Waals surface area contributed by atoms with E-state index in [1.165, 1.54) is 12.8 Å². The van der Waals surface area contributed by atoms with Crippen LogP contribution in [0.4, 0.5) is 0 Å². The third-order valence-electron chi connectivity index (χ3n) is 6.73. The number of ether oxygens (including phenoxy) is 1. The first-order valence-corrected chi connectivity index (χ1v) is 10.6. The molecule has 27 heavy (non-hydrogen) atoms. The molecule has 1 amide bonds. The van der Waals surface area contributed by atoms with E-state index in [0.717, 1.165) is 70.9 Å². The van der Waals surface area contributed by atoms with Crippen LogP contribution in [0.5, 0.6) is 0 Å². The lowest BCUT2D eigenvalue weighted by Crippen LogP contribution is -2.57. The Morgan fingerprint density at radius 1 is 1.22 bits per heavy atom. The van der Waals surface area contributed by atoms with Crippen LogP contribution in [0.2, 0.25) is 0 Å². The molecular weight excluding hydrogens is 342 g/mol. The van der Waals surface area contributed by atoms with Crippen LogP contribution in [-0.2, 0) is 9.53 Å². The van der Waals surface area contributed by atoms with Crippen LogP contribution in [0.1, 0.15) is 44.9 Å². The summed E-state index contributed by atoms with van der Waals surface area (Å²) in [6.07, 6.45) is 7.61. The van der Waals surface area contributed by atoms with E-state index in [1.807, 2.05) is 7.05 Å². The number of hydrogen-bond donors (Lipinski definition) is 2. The van der Waals surface area contributed by atoms with Gasteiger partial charge in [-0.3, -0.25) is 9.79 Å². The molecule has 3 fully saturated rings. The van der Waals surface area contributed by atoms with Crippen molar-refractivity contribution in [2.75, 3.05) is 54.0 Å². The zero-order chi connectivity index (χ0) is 19.3. The van der Waals surface area contributed by atoms with Gasteiger partial charge in [0.1, 0.15) is 0 Å². The van der Waals surface area contributed by atoms with Gasteiger partial charge in [-0.15, -0.1) is 0 Å². The number of likely N-dealkylation sites (tertiary alicyclic amines) is 1. The number of nitrogens with zero attached hydrogens (tertiary/aromatic N) is 3. The molecule has 7 nitrogen and oxygen atoms in total. The number of aliphatic imine (C=N–C) groups is 1. The van der Waals surface area contributed by atoms with Crippen LogP contribution < -0.4 is 10.6 Å². The number of nitrogens with one attached hydrogen (secondary N) is 2. The smallest absolute Gasteiger partial charge is 0.225 e. The Labute approximate surface area is 163 Å². The average molecular weight is 380 g/mol. The Kier molecular flexibility index (Phi) is 6.98. The molecule has 154 valence electrons. The van der Waals surface area contributed by atoms with Crippen molar-refractivity contribution >= 4 is 11.9 Å². The second-order valence-corrected chi connectivity index (χ2v) is 8.55. The van der Waals surface area contributed by atoms with Crippen LogP contribution in [0, 0.1) is 5.92 Å². The lowest BCUT2D eigenvalue weighted by molar-refractivity contribution is -0.134. The van der Waals surface area contributed by atoms with Crippen molar-refractivity contribution in [3.63, 3.8) is 0 Å². The molecule has 0 aromatic carbocycles. The molecule has 0 aromatic heterocycles. The minimum atomic E-state index is 0.107. The number of carbonyl (C=O) groups excluding carboxylic acids is 1. The third-order valence-corrected chi connectivity index (χ3v) is 6.73. The van der Waals surface area contributed by atoms with Crippen LogP contribution in [-0.4, -0.2) is 87.2 Å². The fourth-order valence-corrected chi connectivity index (χ4v) is 4.68. The summed E-state index contributed by atoms with van der Waals surface area (Å²) < 4.78 is 5.55. The normalized spacial score (nSPS) is 26.6. The molecule has 0 aromatic rings. The Morgan fingerprint density at radius 2 is 1.93 bits per heavy atom. The zero-order valence-corrected chi connectivity index (χ0v) is 17.3. The summed E-state index contributed by atoms with van der Waals surface area (Å²) in [5, 5.41) is 7.06. The van der Waals surface area contributed by atoms with Gasteiger partial charge in [0, 0.05) is 57.4 Å². The molecule has 2 N–H and O–H groups in total. The van der Waals surface area contributed by atoms with Crippen molar-refractivity contribution in [1.82, 2.24) is 20.4 Å². The lowest BCUT2D eigenvalue weighted by Gasteiger charge is -2.43. The van der Waals surface area contributed by atoms with E-state index in [2.05, 4.69) is 39.5 Å². The summed E-state index contributed by atoms with van der Waals surface area (Å²) in [6, 6.07) is 0.284. The second-order valence-electron chi connectivity index (χ2n) is 8.55. The van der Waals surface area contributed by atoms with Crippen molar-refractivity contribution in [3.8, 4) is 0 Å². The highest BCUT2D eigenvalue weighted by Gasteiger charge is 2.36. The highest BCUT2D eigenvalue weighted by Crippen LogP contribution is 2.28. The van der Waals surface area contributed by atoms with Crippen LogP contribution in [0.3, 0.4) is 0 Å². The monoisotopic (exact) mass is 379 g/mol. The summed E-state index contributed by atoms with van der Waals surface area (Å²) in [6.45, 7) is 4.13. The number of likely N-dealkylation sites (N-methyl/N-ethyl adjacent to an activating group) is 1. The summed E-state index contributed by atoms with van der Waals surface area (Å²) in [7, 11) is 6.11. The largest absolute Gasteiger partial charge is 0.381 e. The van der Waals surface area contributed by atoms with Gasteiger partial charge in [0.05, 0.1) is 0 Å². The van der Waals surface area contributed by atoms with Gasteiger partial charge in [0.25, 0.3) is 0 Å². The molecule has 3 rings (SSSR count). The van der Waals surface area contributed by atoms with Gasteiger partial charge in [-0.2, -0.15) is 0 Å². The van der Waals surface area contributed by atoms with Crippen LogP contribution >= 0.6 is 0 Å². The molecule has 1 saturated carbocycles. The van der Waals surface area contributed by atoms with Gasteiger partial charge < -0.3 is 25.2 Å². The standard InChI is InChI=1S/C20H37N5O2/c1-21-19(22-15-20(24(2)3)9-12-27-13-10-20)23-17-8-11-25(14-17)18(26)16-6-4-5-7-16/h16-17H,4-15H2,1-3H3,(H2,21,22,23). The third kappa shape index (κ3) is 4.93. The summed E-state index contributed by atoms with van der Waals surface area (Å²) >= 11 is 0. The van der Waals surface area contributed by atoms with Crippen molar-refractivity contribution in [2.24, 2.45) is 10.9 Å². The van der Waals surface area contributed by atoms with Crippen molar-refractivity contribution in [2.45, 2.75) is 56.5 Å². The first-order chi connectivity index (χ1) is 13.0. The second kappa shape index (κ2) is 9.24. The fourth-order valence-electron chi connectivity index (χ4n) is 4.68. The maximum absolute atomic E-state index is 12.6. The Bertz CT molecular complexity index is 524. The number of carbonyl (C=O) groups is 1. The zero-order valence-electron chi connectivity index (χ0n) is 17.3. The van der Waals surface area contributed by atoms with Gasteiger partial charge >= 0.3 is 0 Å². The van der Waals surface area contributed by atoms with Crippen molar-refractivity contribution in [3.05, 3.63) is 0 Å². The molecule has 1 atom stereocenters. The number of amides is 1. The minimum Gasteiger partial charge on any atom is -0.381 e. The van der Waals surface area contributed by atoms with Gasteiger partial charge in [-0.25, -0.2) is 0 Å². The predicted octanol–water partition coefficient (Wildman–Crippen LogP) is 1.05. The fraction of sp³-hybridized carbons (Fsp3) is 0.900. The first kappa shape index (κ1) is 20.4. The van der Waals surface area contributed by atoms with Gasteiger partial charge in [0.2, 0.25) is 5.91 Å². The van der Waals surface area contributed by atoms with Crippen molar-refractivity contribution in [1.29, 1.82) is 0 Å². The minimum absolute atomic E-state index is 0.107. The van der Waals surface area contributed by atoms with E-state index >= 15 is 0 Å². The molecule has 1 unspecified atom stereocenters. The van der Waals surface area contributed by atoms with E-state index in [-0.39, 0.29) is 17.5 Å². The number of hydrogen-bond acceptors (Lipinski definition) is 4. The topological polar surface area (TPSA) is 69.2 Å². The molecule has 0 spiro atoms. The SMILES string of the molecule is CN=C(NCC1(N(C)C)CCOCC1)NC1CCN(C(=O)C2CCCC2)C1. The average Bonchev–Trinajstić information content (AvgIpc) is 3.37. The quantitative estimate of drug-likeness (QED) is 0.552. The molecular formula is C20H37N5O2. The molecule has 0 radical (unpaired) electrons. The summed E-state index contributed by atoms with van der Waals surface area (Å²) in [5.74, 6) is 1.48. The van der Waals surface area contributed by atoms with Gasteiger partial charge in [0.15, 0.2) is 5.96 Å². The Hall–Kier alpha value is -1.34. The van der Waals surface area contributed by atoms with Crippen molar-refractivity contribution < 1.29 is 9.53 Å². The first-order valence-electron chi connectivity index (χ1n) is 10.6. The highest BCUT2D eigenvalue weighted by atomic mass is 16.5. The molecule has 0 bridgehead atoms.